The number of hydrogen-bond acceptors (Lipinski definition) is 3. The molecule has 2 N–H and O–H groups in total. The van der Waals surface area contributed by atoms with Crippen molar-refractivity contribution in [3.63, 3.8) is 0 Å². The number of aromatic hydroxyl groups is 1. The summed E-state index contributed by atoms with van der Waals surface area (Å²) in [7, 11) is 1.88. The highest BCUT2D eigenvalue weighted by Crippen LogP contribution is 2.22. The first-order valence-corrected chi connectivity index (χ1v) is 5.63. The summed E-state index contributed by atoms with van der Waals surface area (Å²) in [6.07, 6.45) is 0. The fourth-order valence-electron chi connectivity index (χ4n) is 1.71. The molecule has 1 aromatic carbocycles. The molecule has 4 heteroatoms. The Labute approximate surface area is 101 Å². The molecule has 0 aromatic heterocycles. The van der Waals surface area contributed by atoms with E-state index in [-0.39, 0.29) is 11.8 Å². The number of rotatable bonds is 5. The Kier molecular flexibility index (Phi) is 4.52. The molecule has 17 heavy (non-hydrogen) atoms. The lowest BCUT2D eigenvalue weighted by Gasteiger charge is -2.26. The van der Waals surface area contributed by atoms with Crippen LogP contribution in [0.2, 0.25) is 0 Å². The number of carbonyl (C=O) groups is 1. The molecule has 0 radical (unpaired) electrons. The lowest BCUT2D eigenvalue weighted by molar-refractivity contribution is -0.141. The zero-order valence-electron chi connectivity index (χ0n) is 10.4. The van der Waals surface area contributed by atoms with E-state index in [0.29, 0.717) is 6.54 Å². The summed E-state index contributed by atoms with van der Waals surface area (Å²) in [5.41, 5.74) is 0.977. The van der Waals surface area contributed by atoms with Gasteiger partial charge in [0.2, 0.25) is 0 Å². The Hall–Kier alpha value is -1.55. The van der Waals surface area contributed by atoms with Crippen molar-refractivity contribution in [2.45, 2.75) is 19.9 Å². The van der Waals surface area contributed by atoms with Gasteiger partial charge in [0.1, 0.15) is 5.75 Å². The Morgan fingerprint density at radius 3 is 2.59 bits per heavy atom. The van der Waals surface area contributed by atoms with Gasteiger partial charge in [-0.25, -0.2) is 0 Å². The monoisotopic (exact) mass is 237 g/mol. The number of aliphatic carboxylic acids is 1. The number of hydrogen-bond donors (Lipinski definition) is 2. The predicted octanol–water partition coefficient (Wildman–Crippen LogP) is 2.11. The number of phenolic OH excluding ortho intramolecular Hbond substituents is 1. The number of carboxylic acids is 1. The first-order valence-electron chi connectivity index (χ1n) is 5.63. The van der Waals surface area contributed by atoms with E-state index in [9.17, 15) is 9.90 Å². The van der Waals surface area contributed by atoms with Gasteiger partial charge in [0.25, 0.3) is 0 Å². The Morgan fingerprint density at radius 2 is 2.06 bits per heavy atom. The summed E-state index contributed by atoms with van der Waals surface area (Å²) < 4.78 is 0. The zero-order chi connectivity index (χ0) is 13.0. The van der Waals surface area contributed by atoms with Gasteiger partial charge < -0.3 is 10.2 Å². The first-order chi connectivity index (χ1) is 7.91. The maximum Gasteiger partial charge on any atom is 0.307 e. The molecular weight excluding hydrogens is 218 g/mol. The molecule has 0 spiro atoms. The molecule has 2 atom stereocenters. The fraction of sp³-hybridized carbons (Fsp3) is 0.462. The second-order valence-corrected chi connectivity index (χ2v) is 4.45. The van der Waals surface area contributed by atoms with Crippen molar-refractivity contribution in [2.75, 3.05) is 13.6 Å². The van der Waals surface area contributed by atoms with E-state index in [2.05, 4.69) is 0 Å². The van der Waals surface area contributed by atoms with Crippen LogP contribution in [0.15, 0.2) is 24.3 Å². The lowest BCUT2D eigenvalue weighted by Crippen LogP contribution is -2.30. The molecule has 0 amide bonds. The average Bonchev–Trinajstić information content (AvgIpc) is 2.27. The molecule has 0 heterocycles. The van der Waals surface area contributed by atoms with E-state index in [1.54, 1.807) is 25.1 Å². The van der Waals surface area contributed by atoms with Crippen LogP contribution >= 0.6 is 0 Å². The van der Waals surface area contributed by atoms with Crippen LogP contribution in [0, 0.1) is 5.92 Å². The third kappa shape index (κ3) is 3.75. The van der Waals surface area contributed by atoms with Crippen LogP contribution in [0.5, 0.6) is 5.75 Å². The smallest absolute Gasteiger partial charge is 0.307 e. The van der Waals surface area contributed by atoms with Gasteiger partial charge in [-0.2, -0.15) is 0 Å². The summed E-state index contributed by atoms with van der Waals surface area (Å²) in [5, 5.41) is 18.3. The van der Waals surface area contributed by atoms with Crippen LogP contribution in [0.4, 0.5) is 0 Å². The summed E-state index contributed by atoms with van der Waals surface area (Å²) >= 11 is 0. The van der Waals surface area contributed by atoms with Crippen LogP contribution in [-0.2, 0) is 4.79 Å². The first kappa shape index (κ1) is 13.5. The van der Waals surface area contributed by atoms with Gasteiger partial charge in [0.15, 0.2) is 0 Å². The van der Waals surface area contributed by atoms with Crippen LogP contribution in [0.1, 0.15) is 25.5 Å². The molecular formula is C13H19NO3. The van der Waals surface area contributed by atoms with Crippen LogP contribution in [0.25, 0.3) is 0 Å². The topological polar surface area (TPSA) is 60.8 Å². The molecule has 4 nitrogen and oxygen atoms in total. The van der Waals surface area contributed by atoms with E-state index >= 15 is 0 Å². The molecule has 0 aliphatic heterocycles. The van der Waals surface area contributed by atoms with Crippen molar-refractivity contribution in [1.29, 1.82) is 0 Å². The fourth-order valence-corrected chi connectivity index (χ4v) is 1.71. The summed E-state index contributed by atoms with van der Waals surface area (Å²) in [4.78, 5) is 12.7. The second kappa shape index (κ2) is 5.68. The number of phenols is 1. The van der Waals surface area contributed by atoms with E-state index < -0.39 is 11.9 Å². The number of nitrogens with zero attached hydrogens (tertiary/aromatic N) is 1. The molecule has 0 aliphatic carbocycles. The SMILES string of the molecule is CC(CN(C)C(C)c1cccc(O)c1)C(=O)O. The number of carboxylic acid groups (broad SMARTS) is 1. The highest BCUT2D eigenvalue weighted by Gasteiger charge is 2.18. The minimum Gasteiger partial charge on any atom is -0.508 e. The van der Waals surface area contributed by atoms with Gasteiger partial charge in [-0.1, -0.05) is 19.1 Å². The highest BCUT2D eigenvalue weighted by atomic mass is 16.4. The van der Waals surface area contributed by atoms with Gasteiger partial charge in [-0.05, 0) is 31.7 Å². The maximum absolute atomic E-state index is 10.8. The maximum atomic E-state index is 10.8. The van der Waals surface area contributed by atoms with Crippen LogP contribution in [0.3, 0.4) is 0 Å². The van der Waals surface area contributed by atoms with Crippen molar-refractivity contribution in [3.8, 4) is 5.75 Å². The molecule has 0 bridgehead atoms. The van der Waals surface area contributed by atoms with Crippen molar-refractivity contribution < 1.29 is 15.0 Å². The molecule has 0 fully saturated rings. The third-order valence-corrected chi connectivity index (χ3v) is 3.00. The van der Waals surface area contributed by atoms with Gasteiger partial charge in [-0.15, -0.1) is 0 Å². The predicted molar refractivity (Wildman–Crippen MR) is 66.0 cm³/mol. The molecule has 94 valence electrons. The minimum absolute atomic E-state index is 0.0731. The van der Waals surface area contributed by atoms with E-state index in [0.717, 1.165) is 5.56 Å². The van der Waals surface area contributed by atoms with Gasteiger partial charge in [-0.3, -0.25) is 9.69 Å². The minimum atomic E-state index is -0.792. The van der Waals surface area contributed by atoms with E-state index in [1.807, 2.05) is 24.9 Å². The second-order valence-electron chi connectivity index (χ2n) is 4.45. The molecule has 1 rings (SSSR count). The Bertz CT molecular complexity index is 392. The van der Waals surface area contributed by atoms with E-state index in [4.69, 9.17) is 5.11 Å². The Balaban J connectivity index is 2.69. The standard InChI is InChI=1S/C13H19NO3/c1-9(13(16)17)8-14(3)10(2)11-5-4-6-12(15)7-11/h4-7,9-10,15H,8H2,1-3H3,(H,16,17). The molecule has 0 aliphatic rings. The summed E-state index contributed by atoms with van der Waals surface area (Å²) in [5.74, 6) is -0.964. The zero-order valence-corrected chi connectivity index (χ0v) is 10.4. The molecule has 1 aromatic rings. The van der Waals surface area contributed by atoms with Crippen molar-refractivity contribution >= 4 is 5.97 Å². The summed E-state index contributed by atoms with van der Waals surface area (Å²) in [6, 6.07) is 7.11. The number of benzene rings is 1. The van der Waals surface area contributed by atoms with Gasteiger partial charge in [0, 0.05) is 12.6 Å². The highest BCUT2D eigenvalue weighted by molar-refractivity contribution is 5.69. The van der Waals surface area contributed by atoms with Crippen LogP contribution in [-0.4, -0.2) is 34.7 Å². The molecule has 0 saturated heterocycles. The van der Waals surface area contributed by atoms with E-state index in [1.165, 1.54) is 0 Å². The van der Waals surface area contributed by atoms with Crippen molar-refractivity contribution in [2.24, 2.45) is 5.92 Å². The Morgan fingerprint density at radius 1 is 1.41 bits per heavy atom. The van der Waals surface area contributed by atoms with Crippen molar-refractivity contribution in [3.05, 3.63) is 29.8 Å². The summed E-state index contributed by atoms with van der Waals surface area (Å²) in [6.45, 7) is 4.16. The molecule has 2 unspecified atom stereocenters. The molecule has 0 saturated carbocycles. The average molecular weight is 237 g/mol. The lowest BCUT2D eigenvalue weighted by atomic mass is 10.1. The van der Waals surface area contributed by atoms with Gasteiger partial charge in [0.05, 0.1) is 5.92 Å². The van der Waals surface area contributed by atoms with Gasteiger partial charge >= 0.3 is 5.97 Å². The normalized spacial score (nSPS) is 14.6. The quantitative estimate of drug-likeness (QED) is 0.823. The third-order valence-electron chi connectivity index (χ3n) is 3.00. The van der Waals surface area contributed by atoms with Crippen molar-refractivity contribution in [1.82, 2.24) is 4.90 Å². The largest absolute Gasteiger partial charge is 0.508 e. The van der Waals surface area contributed by atoms with Crippen LogP contribution < -0.4 is 0 Å².